The van der Waals surface area contributed by atoms with Gasteiger partial charge >= 0.3 is 6.03 Å². The van der Waals surface area contributed by atoms with Gasteiger partial charge in [-0.1, -0.05) is 23.8 Å². The first-order valence-corrected chi connectivity index (χ1v) is 8.15. The van der Waals surface area contributed by atoms with Crippen molar-refractivity contribution in [3.05, 3.63) is 57.3 Å². The molecule has 22 heavy (non-hydrogen) atoms. The lowest BCUT2D eigenvalue weighted by molar-refractivity contribution is 0.0598. The van der Waals surface area contributed by atoms with E-state index in [1.54, 1.807) is 6.92 Å². The standard InChI is InChI=1S/C17H22N2O2S/c1-12-4-5-14(13(2)8-12)9-18-16(20)19-11-17(3,21)15-6-7-22-10-15/h4-8,10,21H,9,11H2,1-3H3,(H2,18,19,20). The zero-order valence-electron chi connectivity index (χ0n) is 13.1. The fourth-order valence-corrected chi connectivity index (χ4v) is 2.99. The maximum absolute atomic E-state index is 11.9. The Balaban J connectivity index is 1.83. The molecule has 118 valence electrons. The van der Waals surface area contributed by atoms with Gasteiger partial charge in [0.1, 0.15) is 5.60 Å². The molecule has 0 aliphatic heterocycles. The number of rotatable bonds is 5. The summed E-state index contributed by atoms with van der Waals surface area (Å²) in [4.78, 5) is 11.9. The molecular formula is C17H22N2O2S. The average molecular weight is 318 g/mol. The predicted molar refractivity (Wildman–Crippen MR) is 90.0 cm³/mol. The van der Waals surface area contributed by atoms with Crippen LogP contribution in [-0.2, 0) is 12.1 Å². The number of carbonyl (C=O) groups is 1. The molecule has 0 aliphatic carbocycles. The van der Waals surface area contributed by atoms with Crippen LogP contribution in [0.1, 0.15) is 29.2 Å². The lowest BCUT2D eigenvalue weighted by Crippen LogP contribution is -2.43. The second kappa shape index (κ2) is 6.94. The summed E-state index contributed by atoms with van der Waals surface area (Å²) in [5.41, 5.74) is 3.21. The number of aliphatic hydroxyl groups is 1. The molecule has 4 nitrogen and oxygen atoms in total. The molecule has 1 unspecified atom stereocenters. The Labute approximate surface area is 135 Å². The van der Waals surface area contributed by atoms with Gasteiger partial charge in [0, 0.05) is 6.54 Å². The lowest BCUT2D eigenvalue weighted by Gasteiger charge is -2.23. The summed E-state index contributed by atoms with van der Waals surface area (Å²) in [6, 6.07) is 7.72. The van der Waals surface area contributed by atoms with Crippen molar-refractivity contribution in [1.29, 1.82) is 0 Å². The van der Waals surface area contributed by atoms with Gasteiger partial charge in [0.25, 0.3) is 0 Å². The molecule has 0 fully saturated rings. The summed E-state index contributed by atoms with van der Waals surface area (Å²) in [5.74, 6) is 0. The van der Waals surface area contributed by atoms with Crippen LogP contribution in [0.4, 0.5) is 4.79 Å². The third kappa shape index (κ3) is 4.32. The number of hydrogen-bond acceptors (Lipinski definition) is 3. The maximum Gasteiger partial charge on any atom is 0.315 e. The molecule has 2 rings (SSSR count). The normalized spacial score (nSPS) is 13.5. The monoisotopic (exact) mass is 318 g/mol. The first-order valence-electron chi connectivity index (χ1n) is 7.21. The van der Waals surface area contributed by atoms with Gasteiger partial charge in [0.2, 0.25) is 0 Å². The van der Waals surface area contributed by atoms with Gasteiger partial charge in [-0.25, -0.2) is 4.79 Å². The minimum absolute atomic E-state index is 0.169. The zero-order valence-corrected chi connectivity index (χ0v) is 14.0. The Kier molecular flexibility index (Phi) is 5.21. The molecule has 0 aliphatic rings. The first-order chi connectivity index (χ1) is 10.4. The van der Waals surface area contributed by atoms with E-state index in [1.807, 2.05) is 42.8 Å². The summed E-state index contributed by atoms with van der Waals surface area (Å²) in [6.45, 7) is 6.41. The van der Waals surface area contributed by atoms with Crippen molar-refractivity contribution in [2.24, 2.45) is 0 Å². The molecule has 0 saturated carbocycles. The number of thiophene rings is 1. The van der Waals surface area contributed by atoms with Gasteiger partial charge in [0.15, 0.2) is 0 Å². The predicted octanol–water partition coefficient (Wildman–Crippen LogP) is 3.07. The Morgan fingerprint density at radius 3 is 2.68 bits per heavy atom. The van der Waals surface area contributed by atoms with Gasteiger partial charge in [-0.15, -0.1) is 0 Å². The van der Waals surface area contributed by atoms with Crippen LogP contribution < -0.4 is 10.6 Å². The van der Waals surface area contributed by atoms with E-state index in [0.29, 0.717) is 6.54 Å². The van der Waals surface area contributed by atoms with E-state index in [2.05, 4.69) is 16.7 Å². The van der Waals surface area contributed by atoms with E-state index in [1.165, 1.54) is 16.9 Å². The molecule has 0 saturated heterocycles. The fourth-order valence-electron chi connectivity index (χ4n) is 2.21. The van der Waals surface area contributed by atoms with E-state index in [4.69, 9.17) is 0 Å². The van der Waals surface area contributed by atoms with Crippen LogP contribution >= 0.6 is 11.3 Å². The van der Waals surface area contributed by atoms with Crippen LogP contribution in [-0.4, -0.2) is 17.7 Å². The number of nitrogens with one attached hydrogen (secondary N) is 2. The van der Waals surface area contributed by atoms with Gasteiger partial charge in [-0.2, -0.15) is 11.3 Å². The molecular weight excluding hydrogens is 296 g/mol. The SMILES string of the molecule is Cc1ccc(CNC(=O)NCC(C)(O)c2ccsc2)c(C)c1. The van der Waals surface area contributed by atoms with Crippen molar-refractivity contribution in [2.45, 2.75) is 32.9 Å². The zero-order chi connectivity index (χ0) is 16.2. The Hall–Kier alpha value is -1.85. The van der Waals surface area contributed by atoms with E-state index >= 15 is 0 Å². The number of hydrogen-bond donors (Lipinski definition) is 3. The molecule has 2 amide bonds. The van der Waals surface area contributed by atoms with Crippen LogP contribution in [0.15, 0.2) is 35.0 Å². The third-order valence-corrected chi connectivity index (χ3v) is 4.36. The van der Waals surface area contributed by atoms with Crippen LogP contribution in [0.5, 0.6) is 0 Å². The van der Waals surface area contributed by atoms with E-state index in [0.717, 1.165) is 16.7 Å². The Bertz CT molecular complexity index is 636. The highest BCUT2D eigenvalue weighted by Gasteiger charge is 2.24. The third-order valence-electron chi connectivity index (χ3n) is 3.67. The molecule has 3 N–H and O–H groups in total. The van der Waals surface area contributed by atoms with Gasteiger partial charge < -0.3 is 15.7 Å². The molecule has 1 aromatic heterocycles. The highest BCUT2D eigenvalue weighted by Crippen LogP contribution is 2.21. The van der Waals surface area contributed by atoms with Gasteiger partial charge in [-0.3, -0.25) is 0 Å². The Morgan fingerprint density at radius 1 is 1.27 bits per heavy atom. The van der Waals surface area contributed by atoms with Crippen LogP contribution in [0.2, 0.25) is 0 Å². The minimum atomic E-state index is -1.06. The second-order valence-electron chi connectivity index (χ2n) is 5.75. The highest BCUT2D eigenvalue weighted by molar-refractivity contribution is 7.08. The molecule has 2 aromatic rings. The fraction of sp³-hybridized carbons (Fsp3) is 0.353. The summed E-state index contributed by atoms with van der Waals surface area (Å²) in [7, 11) is 0. The summed E-state index contributed by atoms with van der Waals surface area (Å²) < 4.78 is 0. The molecule has 0 bridgehead atoms. The van der Waals surface area contributed by atoms with Crippen molar-refractivity contribution >= 4 is 17.4 Å². The van der Waals surface area contributed by atoms with Gasteiger partial charge in [0.05, 0.1) is 6.54 Å². The molecule has 1 aromatic carbocycles. The largest absolute Gasteiger partial charge is 0.384 e. The number of aryl methyl sites for hydroxylation is 2. The summed E-state index contributed by atoms with van der Waals surface area (Å²) in [6.07, 6.45) is 0. The van der Waals surface area contributed by atoms with Crippen molar-refractivity contribution in [3.8, 4) is 0 Å². The highest BCUT2D eigenvalue weighted by atomic mass is 32.1. The smallest absolute Gasteiger partial charge is 0.315 e. The molecule has 0 spiro atoms. The van der Waals surface area contributed by atoms with Gasteiger partial charge in [-0.05, 0) is 54.3 Å². The quantitative estimate of drug-likeness (QED) is 0.793. The molecule has 1 heterocycles. The van der Waals surface area contributed by atoms with E-state index < -0.39 is 5.60 Å². The minimum Gasteiger partial charge on any atom is -0.384 e. The summed E-state index contributed by atoms with van der Waals surface area (Å²) in [5, 5.41) is 19.7. The molecule has 1 atom stereocenters. The van der Waals surface area contributed by atoms with Crippen LogP contribution in [0.25, 0.3) is 0 Å². The van der Waals surface area contributed by atoms with E-state index in [-0.39, 0.29) is 12.6 Å². The van der Waals surface area contributed by atoms with Crippen molar-refractivity contribution in [1.82, 2.24) is 10.6 Å². The van der Waals surface area contributed by atoms with Crippen molar-refractivity contribution in [3.63, 3.8) is 0 Å². The maximum atomic E-state index is 11.9. The number of benzene rings is 1. The second-order valence-corrected chi connectivity index (χ2v) is 6.53. The summed E-state index contributed by atoms with van der Waals surface area (Å²) >= 11 is 1.52. The number of urea groups is 1. The van der Waals surface area contributed by atoms with Crippen molar-refractivity contribution in [2.75, 3.05) is 6.54 Å². The van der Waals surface area contributed by atoms with Crippen molar-refractivity contribution < 1.29 is 9.90 Å². The van der Waals surface area contributed by atoms with Crippen LogP contribution in [0.3, 0.4) is 0 Å². The topological polar surface area (TPSA) is 61.4 Å². The number of amides is 2. The van der Waals surface area contributed by atoms with Crippen LogP contribution in [0, 0.1) is 13.8 Å². The lowest BCUT2D eigenvalue weighted by atomic mass is 9.99. The average Bonchev–Trinajstić information content (AvgIpc) is 2.99. The van der Waals surface area contributed by atoms with E-state index in [9.17, 15) is 9.90 Å². The number of carbonyl (C=O) groups excluding carboxylic acids is 1. The Morgan fingerprint density at radius 2 is 2.05 bits per heavy atom. The first kappa shape index (κ1) is 16.5. The molecule has 0 radical (unpaired) electrons. The molecule has 5 heteroatoms.